The maximum absolute atomic E-state index is 14.4. The van der Waals surface area contributed by atoms with Gasteiger partial charge in [-0.2, -0.15) is 5.10 Å². The number of aromatic nitrogens is 3. The van der Waals surface area contributed by atoms with Crippen LogP contribution in [0.3, 0.4) is 0 Å². The van der Waals surface area contributed by atoms with E-state index in [2.05, 4.69) is 20.5 Å². The van der Waals surface area contributed by atoms with Gasteiger partial charge in [0.1, 0.15) is 22.8 Å². The van der Waals surface area contributed by atoms with Crippen molar-refractivity contribution in [2.45, 2.75) is 6.54 Å². The highest BCUT2D eigenvalue weighted by molar-refractivity contribution is 6.01. The molecule has 0 unspecified atom stereocenters. The molecule has 2 N–H and O–H groups in total. The summed E-state index contributed by atoms with van der Waals surface area (Å²) in [6, 6.07) is 12.1. The van der Waals surface area contributed by atoms with Gasteiger partial charge < -0.3 is 5.32 Å². The van der Waals surface area contributed by atoms with Crippen molar-refractivity contribution in [2.75, 3.05) is 0 Å². The van der Waals surface area contributed by atoms with Crippen LogP contribution in [0.4, 0.5) is 8.78 Å². The molecule has 2 aromatic carbocycles. The number of carbonyl (C=O) groups excluding carboxylic acids is 1. The lowest BCUT2D eigenvalue weighted by Crippen LogP contribution is -2.23. The van der Waals surface area contributed by atoms with Crippen LogP contribution in [0.5, 0.6) is 0 Å². The molecule has 0 saturated heterocycles. The quantitative estimate of drug-likeness (QED) is 0.578. The number of hydrogen-bond acceptors (Lipinski definition) is 3. The van der Waals surface area contributed by atoms with Crippen molar-refractivity contribution in [2.24, 2.45) is 0 Å². The van der Waals surface area contributed by atoms with Crippen molar-refractivity contribution in [3.8, 4) is 11.3 Å². The molecule has 7 heteroatoms. The fourth-order valence-electron chi connectivity index (χ4n) is 2.85. The molecule has 0 radical (unpaired) electrons. The lowest BCUT2D eigenvalue weighted by molar-refractivity contribution is 0.0950. The fourth-order valence-corrected chi connectivity index (χ4v) is 2.85. The van der Waals surface area contributed by atoms with Gasteiger partial charge in [0, 0.05) is 35.5 Å². The molecule has 2 heterocycles. The van der Waals surface area contributed by atoms with Crippen LogP contribution in [0, 0.1) is 11.6 Å². The molecule has 0 aliphatic rings. The van der Waals surface area contributed by atoms with Gasteiger partial charge in [-0.25, -0.2) is 8.78 Å². The molecule has 0 atom stereocenters. The molecule has 5 nitrogen and oxygen atoms in total. The van der Waals surface area contributed by atoms with E-state index in [1.807, 2.05) is 6.07 Å². The number of H-pyrrole nitrogens is 1. The van der Waals surface area contributed by atoms with E-state index in [1.165, 1.54) is 12.1 Å². The summed E-state index contributed by atoms with van der Waals surface area (Å²) in [7, 11) is 0. The van der Waals surface area contributed by atoms with E-state index in [4.69, 9.17) is 0 Å². The molecule has 0 spiro atoms. The summed E-state index contributed by atoms with van der Waals surface area (Å²) in [5, 5.41) is 9.84. The van der Waals surface area contributed by atoms with Gasteiger partial charge in [-0.3, -0.25) is 14.9 Å². The van der Waals surface area contributed by atoms with Crippen LogP contribution < -0.4 is 5.32 Å². The van der Waals surface area contributed by atoms with Crippen LogP contribution in [0.15, 0.2) is 60.9 Å². The second kappa shape index (κ2) is 6.95. The van der Waals surface area contributed by atoms with E-state index in [1.54, 1.807) is 36.7 Å². The van der Waals surface area contributed by atoms with Crippen LogP contribution >= 0.6 is 0 Å². The summed E-state index contributed by atoms with van der Waals surface area (Å²) in [5.41, 5.74) is 2.02. The standard InChI is InChI=1S/C20H14F2N4O/c21-15-5-1-4-13(7-15)18-16-8-14(9-17(22)19(16)26-25-18)20(27)24-11-12-3-2-6-23-10-12/h1-10H,11H2,(H,24,27)(H,25,26). The highest BCUT2D eigenvalue weighted by atomic mass is 19.1. The molecule has 0 bridgehead atoms. The van der Waals surface area contributed by atoms with Crippen LogP contribution in [0.25, 0.3) is 22.2 Å². The molecule has 4 rings (SSSR count). The van der Waals surface area contributed by atoms with Gasteiger partial charge in [0.05, 0.1) is 0 Å². The van der Waals surface area contributed by atoms with Crippen molar-refractivity contribution in [1.82, 2.24) is 20.5 Å². The summed E-state index contributed by atoms with van der Waals surface area (Å²) in [5.74, 6) is -1.45. The highest BCUT2D eigenvalue weighted by Gasteiger charge is 2.16. The van der Waals surface area contributed by atoms with Gasteiger partial charge in [0.2, 0.25) is 0 Å². The molecular weight excluding hydrogens is 350 g/mol. The molecule has 2 aromatic heterocycles. The van der Waals surface area contributed by atoms with E-state index < -0.39 is 17.5 Å². The van der Waals surface area contributed by atoms with Crippen molar-refractivity contribution in [3.05, 3.63) is 83.7 Å². The lowest BCUT2D eigenvalue weighted by atomic mass is 10.0. The lowest BCUT2D eigenvalue weighted by Gasteiger charge is -2.06. The second-order valence-corrected chi connectivity index (χ2v) is 6.01. The predicted molar refractivity (Wildman–Crippen MR) is 96.9 cm³/mol. The number of halogens is 2. The SMILES string of the molecule is O=C(NCc1cccnc1)c1cc(F)c2[nH]nc(-c3cccc(F)c3)c2c1. The van der Waals surface area contributed by atoms with Crippen molar-refractivity contribution >= 4 is 16.8 Å². The predicted octanol–water partition coefficient (Wildman–Crippen LogP) is 3.83. The molecule has 134 valence electrons. The van der Waals surface area contributed by atoms with Crippen molar-refractivity contribution in [1.29, 1.82) is 0 Å². The average molecular weight is 364 g/mol. The molecule has 0 fully saturated rings. The Hall–Kier alpha value is -3.61. The Kier molecular flexibility index (Phi) is 4.33. The number of nitrogens with zero attached hydrogens (tertiary/aromatic N) is 2. The van der Waals surface area contributed by atoms with E-state index in [-0.39, 0.29) is 17.6 Å². The number of benzene rings is 2. The maximum atomic E-state index is 14.4. The molecule has 4 aromatic rings. The minimum atomic E-state index is -0.603. The number of carbonyl (C=O) groups is 1. The third kappa shape index (κ3) is 3.39. The van der Waals surface area contributed by atoms with Gasteiger partial charge in [-0.1, -0.05) is 18.2 Å². The molecule has 0 aliphatic carbocycles. The van der Waals surface area contributed by atoms with E-state index in [0.29, 0.717) is 16.6 Å². The third-order valence-corrected chi connectivity index (χ3v) is 4.16. The minimum Gasteiger partial charge on any atom is -0.348 e. The number of amides is 1. The first-order valence-corrected chi connectivity index (χ1v) is 8.22. The first kappa shape index (κ1) is 16.8. The fraction of sp³-hybridized carbons (Fsp3) is 0.0500. The van der Waals surface area contributed by atoms with Gasteiger partial charge in [0.25, 0.3) is 5.91 Å². The molecular formula is C20H14F2N4O. The molecule has 1 amide bonds. The van der Waals surface area contributed by atoms with E-state index in [9.17, 15) is 13.6 Å². The van der Waals surface area contributed by atoms with Crippen molar-refractivity contribution in [3.63, 3.8) is 0 Å². The van der Waals surface area contributed by atoms with Crippen LogP contribution in [-0.4, -0.2) is 21.1 Å². The van der Waals surface area contributed by atoms with Crippen LogP contribution in [0.2, 0.25) is 0 Å². The topological polar surface area (TPSA) is 70.7 Å². The largest absolute Gasteiger partial charge is 0.348 e. The number of hydrogen-bond donors (Lipinski definition) is 2. The Balaban J connectivity index is 1.68. The number of nitrogens with one attached hydrogen (secondary N) is 2. The Morgan fingerprint density at radius 2 is 2.00 bits per heavy atom. The average Bonchev–Trinajstić information content (AvgIpc) is 3.11. The smallest absolute Gasteiger partial charge is 0.251 e. The first-order chi connectivity index (χ1) is 13.1. The first-order valence-electron chi connectivity index (χ1n) is 8.22. The van der Waals surface area contributed by atoms with Crippen molar-refractivity contribution < 1.29 is 13.6 Å². The van der Waals surface area contributed by atoms with E-state index in [0.717, 1.165) is 11.6 Å². The summed E-state index contributed by atoms with van der Waals surface area (Å²) < 4.78 is 28.0. The summed E-state index contributed by atoms with van der Waals surface area (Å²) in [6.45, 7) is 0.272. The zero-order valence-electron chi connectivity index (χ0n) is 14.0. The van der Waals surface area contributed by atoms with E-state index >= 15 is 0 Å². The number of rotatable bonds is 4. The summed E-state index contributed by atoms with van der Waals surface area (Å²) in [6.07, 6.45) is 3.28. The molecule has 0 saturated carbocycles. The van der Waals surface area contributed by atoms with Gasteiger partial charge >= 0.3 is 0 Å². The Morgan fingerprint density at radius 3 is 2.78 bits per heavy atom. The number of pyridine rings is 1. The monoisotopic (exact) mass is 364 g/mol. The summed E-state index contributed by atoms with van der Waals surface area (Å²) >= 11 is 0. The van der Waals surface area contributed by atoms with Gasteiger partial charge in [-0.05, 0) is 35.9 Å². The van der Waals surface area contributed by atoms with Crippen LogP contribution in [-0.2, 0) is 6.54 Å². The van der Waals surface area contributed by atoms with Crippen LogP contribution in [0.1, 0.15) is 15.9 Å². The zero-order chi connectivity index (χ0) is 18.8. The molecule has 0 aliphatic heterocycles. The molecule has 27 heavy (non-hydrogen) atoms. The Morgan fingerprint density at radius 1 is 1.11 bits per heavy atom. The normalized spacial score (nSPS) is 10.9. The zero-order valence-corrected chi connectivity index (χ0v) is 14.0. The number of aromatic amines is 1. The third-order valence-electron chi connectivity index (χ3n) is 4.16. The maximum Gasteiger partial charge on any atom is 0.251 e. The second-order valence-electron chi connectivity index (χ2n) is 6.01. The Bertz CT molecular complexity index is 1130. The number of fused-ring (bicyclic) bond motifs is 1. The van der Waals surface area contributed by atoms with Gasteiger partial charge in [-0.15, -0.1) is 0 Å². The highest BCUT2D eigenvalue weighted by Crippen LogP contribution is 2.29. The minimum absolute atomic E-state index is 0.156. The Labute approximate surface area is 153 Å². The van der Waals surface area contributed by atoms with Gasteiger partial charge in [0.15, 0.2) is 0 Å². The summed E-state index contributed by atoms with van der Waals surface area (Å²) in [4.78, 5) is 16.4.